The number of nitrogens with zero attached hydrogens (tertiary/aromatic N) is 1. The number of hydrogen-bond donors (Lipinski definition) is 2. The Morgan fingerprint density at radius 1 is 1.07 bits per heavy atom. The molecule has 7 heteroatoms. The molecule has 2 rings (SSSR count). The van der Waals surface area contributed by atoms with Crippen molar-refractivity contribution in [1.82, 2.24) is 9.62 Å². The number of hydrogen-bond acceptors (Lipinski definition) is 4. The molecule has 1 atom stereocenters. The maximum absolute atomic E-state index is 12.8. The van der Waals surface area contributed by atoms with Crippen molar-refractivity contribution in [1.29, 1.82) is 0 Å². The first kappa shape index (κ1) is 21.1. The summed E-state index contributed by atoms with van der Waals surface area (Å²) in [6.07, 6.45) is 0. The first-order chi connectivity index (χ1) is 12.6. The molecule has 0 aliphatic rings. The molecule has 2 aromatic carbocycles. The third-order valence-electron chi connectivity index (χ3n) is 4.38. The highest BCUT2D eigenvalue weighted by Gasteiger charge is 2.20. The number of sulfonamides is 1. The van der Waals surface area contributed by atoms with E-state index in [1.807, 2.05) is 57.1 Å². The summed E-state index contributed by atoms with van der Waals surface area (Å²) in [5, 5.41) is 2.66. The zero-order valence-electron chi connectivity index (χ0n) is 16.4. The van der Waals surface area contributed by atoms with Gasteiger partial charge in [0.2, 0.25) is 15.9 Å². The smallest absolute Gasteiger partial charge is 0.240 e. The molecule has 1 unspecified atom stereocenters. The minimum absolute atomic E-state index is 0.0966. The van der Waals surface area contributed by atoms with Gasteiger partial charge in [0.15, 0.2) is 0 Å². The fourth-order valence-corrected chi connectivity index (χ4v) is 3.82. The fourth-order valence-electron chi connectivity index (χ4n) is 2.75. The molecule has 0 spiro atoms. The highest BCUT2D eigenvalue weighted by Crippen LogP contribution is 2.22. The van der Waals surface area contributed by atoms with Gasteiger partial charge < -0.3 is 10.2 Å². The van der Waals surface area contributed by atoms with E-state index in [1.54, 1.807) is 12.1 Å². The third-order valence-corrected chi connectivity index (χ3v) is 5.80. The molecule has 6 nitrogen and oxygen atoms in total. The second kappa shape index (κ2) is 8.65. The summed E-state index contributed by atoms with van der Waals surface area (Å²) in [6, 6.07) is 12.7. The second-order valence-corrected chi connectivity index (χ2v) is 8.67. The number of rotatable bonds is 7. The maximum Gasteiger partial charge on any atom is 0.240 e. The van der Waals surface area contributed by atoms with Gasteiger partial charge in [0.05, 0.1) is 4.90 Å². The standard InChI is InChI=1S/C20H27N3O3S/c1-14-6-9-17(10-7-14)20(23(4)5)13-21-27(25,26)18-11-8-15(2)19(12-18)22-16(3)24/h6-12,20-21H,13H2,1-5H3,(H,22,24). The minimum atomic E-state index is -3.71. The molecule has 0 saturated carbocycles. The largest absolute Gasteiger partial charge is 0.326 e. The van der Waals surface area contributed by atoms with Gasteiger partial charge in [0, 0.05) is 25.2 Å². The lowest BCUT2D eigenvalue weighted by atomic mass is 10.0. The molecule has 1 amide bonds. The van der Waals surface area contributed by atoms with Crippen LogP contribution in [0.1, 0.15) is 29.7 Å². The number of carbonyl (C=O) groups excluding carboxylic acids is 1. The predicted octanol–water partition coefficient (Wildman–Crippen LogP) is 2.84. The van der Waals surface area contributed by atoms with E-state index < -0.39 is 10.0 Å². The van der Waals surface area contributed by atoms with Crippen LogP contribution in [0.5, 0.6) is 0 Å². The normalized spacial score (nSPS) is 12.8. The van der Waals surface area contributed by atoms with Crippen LogP contribution in [-0.2, 0) is 14.8 Å². The zero-order chi connectivity index (χ0) is 20.2. The van der Waals surface area contributed by atoms with Gasteiger partial charge in [0.25, 0.3) is 0 Å². The van der Waals surface area contributed by atoms with Crippen molar-refractivity contribution in [2.45, 2.75) is 31.7 Å². The van der Waals surface area contributed by atoms with Gasteiger partial charge in [0.1, 0.15) is 0 Å². The van der Waals surface area contributed by atoms with Gasteiger partial charge in [-0.15, -0.1) is 0 Å². The molecule has 0 radical (unpaired) electrons. The molecule has 2 aromatic rings. The average Bonchev–Trinajstić information content (AvgIpc) is 2.57. The Bertz CT molecular complexity index is 907. The highest BCUT2D eigenvalue weighted by molar-refractivity contribution is 7.89. The summed E-state index contributed by atoms with van der Waals surface area (Å²) in [7, 11) is 0.124. The van der Waals surface area contributed by atoms with E-state index in [9.17, 15) is 13.2 Å². The topological polar surface area (TPSA) is 78.5 Å². The van der Waals surface area contributed by atoms with Crippen LogP contribution >= 0.6 is 0 Å². The molecule has 0 heterocycles. The van der Waals surface area contributed by atoms with Crippen LogP contribution in [0, 0.1) is 13.8 Å². The maximum atomic E-state index is 12.8. The first-order valence-corrected chi connectivity index (χ1v) is 10.2. The van der Waals surface area contributed by atoms with Crippen molar-refractivity contribution in [2.24, 2.45) is 0 Å². The van der Waals surface area contributed by atoms with Crippen LogP contribution in [-0.4, -0.2) is 39.9 Å². The molecule has 2 N–H and O–H groups in total. The Kier molecular flexibility index (Phi) is 6.75. The van der Waals surface area contributed by atoms with E-state index in [4.69, 9.17) is 0 Å². The second-order valence-electron chi connectivity index (χ2n) is 6.90. The average molecular weight is 390 g/mol. The Hall–Kier alpha value is -2.22. The quantitative estimate of drug-likeness (QED) is 0.763. The van der Waals surface area contributed by atoms with Gasteiger partial charge in [-0.1, -0.05) is 35.9 Å². The Labute approximate surface area is 161 Å². The van der Waals surface area contributed by atoms with Crippen LogP contribution in [0.4, 0.5) is 5.69 Å². The van der Waals surface area contributed by atoms with Gasteiger partial charge in [-0.3, -0.25) is 4.79 Å². The number of likely N-dealkylation sites (N-methyl/N-ethyl adjacent to an activating group) is 1. The van der Waals surface area contributed by atoms with Crippen molar-refractivity contribution in [3.05, 3.63) is 59.2 Å². The van der Waals surface area contributed by atoms with Crippen LogP contribution in [0.3, 0.4) is 0 Å². The number of aryl methyl sites for hydroxylation is 2. The van der Waals surface area contributed by atoms with Crippen molar-refractivity contribution in [3.8, 4) is 0 Å². The molecule has 146 valence electrons. The van der Waals surface area contributed by atoms with Crippen molar-refractivity contribution in [2.75, 3.05) is 26.0 Å². The van der Waals surface area contributed by atoms with E-state index >= 15 is 0 Å². The highest BCUT2D eigenvalue weighted by atomic mass is 32.2. The summed E-state index contributed by atoms with van der Waals surface area (Å²) < 4.78 is 28.2. The molecule has 0 fully saturated rings. The zero-order valence-corrected chi connectivity index (χ0v) is 17.2. The summed E-state index contributed by atoms with van der Waals surface area (Å²) in [4.78, 5) is 13.4. The lowest BCUT2D eigenvalue weighted by Gasteiger charge is -2.25. The van der Waals surface area contributed by atoms with Gasteiger partial charge in [-0.2, -0.15) is 0 Å². The molecule has 0 aromatic heterocycles. The molecule has 0 bridgehead atoms. The monoisotopic (exact) mass is 389 g/mol. The molecular formula is C20H27N3O3S. The van der Waals surface area contributed by atoms with Crippen LogP contribution in [0.15, 0.2) is 47.4 Å². The number of anilines is 1. The Morgan fingerprint density at radius 2 is 1.70 bits per heavy atom. The lowest BCUT2D eigenvalue weighted by Crippen LogP contribution is -2.34. The number of nitrogens with one attached hydrogen (secondary N) is 2. The molecular weight excluding hydrogens is 362 g/mol. The Balaban J connectivity index is 2.22. The number of amides is 1. The van der Waals surface area contributed by atoms with Crippen molar-refractivity contribution < 1.29 is 13.2 Å². The van der Waals surface area contributed by atoms with E-state index in [-0.39, 0.29) is 23.4 Å². The molecule has 0 aliphatic carbocycles. The molecule has 0 saturated heterocycles. The lowest BCUT2D eigenvalue weighted by molar-refractivity contribution is -0.114. The number of carbonyl (C=O) groups is 1. The predicted molar refractivity (Wildman–Crippen MR) is 108 cm³/mol. The summed E-state index contributed by atoms with van der Waals surface area (Å²) >= 11 is 0. The summed E-state index contributed by atoms with van der Waals surface area (Å²) in [5.41, 5.74) is 3.49. The van der Waals surface area contributed by atoms with E-state index in [1.165, 1.54) is 13.0 Å². The first-order valence-electron chi connectivity index (χ1n) is 8.71. The van der Waals surface area contributed by atoms with Gasteiger partial charge >= 0.3 is 0 Å². The number of benzene rings is 2. The van der Waals surface area contributed by atoms with Crippen LogP contribution < -0.4 is 10.0 Å². The van der Waals surface area contributed by atoms with Gasteiger partial charge in [-0.05, 0) is 51.2 Å². The van der Waals surface area contributed by atoms with Crippen LogP contribution in [0.25, 0.3) is 0 Å². The van der Waals surface area contributed by atoms with E-state index in [0.29, 0.717) is 5.69 Å². The Morgan fingerprint density at radius 3 is 2.26 bits per heavy atom. The van der Waals surface area contributed by atoms with Gasteiger partial charge in [-0.25, -0.2) is 13.1 Å². The van der Waals surface area contributed by atoms with Crippen molar-refractivity contribution in [3.63, 3.8) is 0 Å². The van der Waals surface area contributed by atoms with E-state index in [2.05, 4.69) is 10.0 Å². The molecule has 0 aliphatic heterocycles. The summed E-state index contributed by atoms with van der Waals surface area (Å²) in [6.45, 7) is 5.46. The fraction of sp³-hybridized carbons (Fsp3) is 0.350. The van der Waals surface area contributed by atoms with E-state index in [0.717, 1.165) is 16.7 Å². The van der Waals surface area contributed by atoms with Crippen molar-refractivity contribution >= 4 is 21.6 Å². The van der Waals surface area contributed by atoms with Crippen LogP contribution in [0.2, 0.25) is 0 Å². The molecule has 27 heavy (non-hydrogen) atoms. The third kappa shape index (κ3) is 5.63. The SMILES string of the molecule is CC(=O)Nc1cc(S(=O)(=O)NCC(c2ccc(C)cc2)N(C)C)ccc1C. The summed E-state index contributed by atoms with van der Waals surface area (Å²) in [5.74, 6) is -0.243. The minimum Gasteiger partial charge on any atom is -0.326 e.